The van der Waals surface area contributed by atoms with Gasteiger partial charge in [0.25, 0.3) is 5.91 Å². The zero-order valence-corrected chi connectivity index (χ0v) is 12.4. The first-order valence-electron chi connectivity index (χ1n) is 6.75. The van der Waals surface area contributed by atoms with Crippen molar-refractivity contribution in [2.24, 2.45) is 0 Å². The first-order chi connectivity index (χ1) is 10.1. The fourth-order valence-electron chi connectivity index (χ4n) is 2.60. The first kappa shape index (κ1) is 13.8. The van der Waals surface area contributed by atoms with Crippen molar-refractivity contribution in [2.75, 3.05) is 18.8 Å². The number of amides is 2. The van der Waals surface area contributed by atoms with Crippen LogP contribution in [0.5, 0.6) is 0 Å². The SMILES string of the molecule is CC(=O)NC1CCN(C(=O)c2sc3cccnc3c2N)C1. The third-order valence-corrected chi connectivity index (χ3v) is 4.71. The summed E-state index contributed by atoms with van der Waals surface area (Å²) in [6, 6.07) is 3.76. The van der Waals surface area contributed by atoms with Crippen molar-refractivity contribution in [3.63, 3.8) is 0 Å². The minimum absolute atomic E-state index is 0.0279. The average Bonchev–Trinajstić information content (AvgIpc) is 3.03. The summed E-state index contributed by atoms with van der Waals surface area (Å²) < 4.78 is 0.913. The van der Waals surface area contributed by atoms with Crippen LogP contribution in [0.1, 0.15) is 23.0 Å². The normalized spacial score (nSPS) is 18.1. The molecule has 110 valence electrons. The molecule has 21 heavy (non-hydrogen) atoms. The number of hydrogen-bond acceptors (Lipinski definition) is 5. The van der Waals surface area contributed by atoms with E-state index in [9.17, 15) is 9.59 Å². The predicted octanol–water partition coefficient (Wildman–Crippen LogP) is 1.23. The molecule has 2 aromatic rings. The molecular weight excluding hydrogens is 288 g/mol. The number of pyridine rings is 1. The molecule has 0 bridgehead atoms. The van der Waals surface area contributed by atoms with E-state index >= 15 is 0 Å². The summed E-state index contributed by atoms with van der Waals surface area (Å²) in [4.78, 5) is 30.2. The van der Waals surface area contributed by atoms with Gasteiger partial charge in [0.1, 0.15) is 10.4 Å². The summed E-state index contributed by atoms with van der Waals surface area (Å²) in [6.45, 7) is 2.64. The zero-order valence-electron chi connectivity index (χ0n) is 11.6. The van der Waals surface area contributed by atoms with Gasteiger partial charge in [-0.05, 0) is 18.6 Å². The van der Waals surface area contributed by atoms with E-state index in [4.69, 9.17) is 5.73 Å². The molecule has 0 aliphatic carbocycles. The van der Waals surface area contributed by atoms with Gasteiger partial charge in [0.15, 0.2) is 0 Å². The Morgan fingerprint density at radius 3 is 3.05 bits per heavy atom. The Morgan fingerprint density at radius 1 is 1.52 bits per heavy atom. The molecule has 0 radical (unpaired) electrons. The molecule has 6 nitrogen and oxygen atoms in total. The van der Waals surface area contributed by atoms with Gasteiger partial charge in [0, 0.05) is 32.3 Å². The fourth-order valence-corrected chi connectivity index (χ4v) is 3.65. The van der Waals surface area contributed by atoms with Crippen LogP contribution in [0.4, 0.5) is 5.69 Å². The van der Waals surface area contributed by atoms with Crippen molar-refractivity contribution in [3.05, 3.63) is 23.2 Å². The third-order valence-electron chi connectivity index (χ3n) is 3.56. The van der Waals surface area contributed by atoms with E-state index in [0.717, 1.165) is 11.1 Å². The number of carbonyl (C=O) groups excluding carboxylic acids is 2. The Bertz CT molecular complexity index is 712. The highest BCUT2D eigenvalue weighted by Gasteiger charge is 2.29. The molecule has 1 fully saturated rings. The number of nitrogen functional groups attached to an aromatic ring is 1. The van der Waals surface area contributed by atoms with Gasteiger partial charge < -0.3 is 16.0 Å². The smallest absolute Gasteiger partial charge is 0.266 e. The van der Waals surface area contributed by atoms with Crippen molar-refractivity contribution < 1.29 is 9.59 Å². The molecular formula is C14H16N4O2S. The zero-order chi connectivity index (χ0) is 15.0. The van der Waals surface area contributed by atoms with Gasteiger partial charge in [-0.15, -0.1) is 11.3 Å². The standard InChI is InChI=1S/C14H16N4O2S/c1-8(19)17-9-4-6-18(7-9)14(20)13-11(15)12-10(21-13)3-2-5-16-12/h2-3,5,9H,4,6-7,15H2,1H3,(H,17,19). The van der Waals surface area contributed by atoms with Crippen LogP contribution >= 0.6 is 11.3 Å². The van der Waals surface area contributed by atoms with E-state index in [-0.39, 0.29) is 17.9 Å². The summed E-state index contributed by atoms with van der Waals surface area (Å²) in [7, 11) is 0. The van der Waals surface area contributed by atoms with Crippen LogP contribution in [0.3, 0.4) is 0 Å². The maximum Gasteiger partial charge on any atom is 0.266 e. The second-order valence-electron chi connectivity index (χ2n) is 5.13. The van der Waals surface area contributed by atoms with Crippen LogP contribution in [0.25, 0.3) is 10.2 Å². The fraction of sp³-hybridized carbons (Fsp3) is 0.357. The van der Waals surface area contributed by atoms with Gasteiger partial charge in [-0.3, -0.25) is 14.6 Å². The molecule has 1 saturated heterocycles. The molecule has 0 saturated carbocycles. The number of nitrogens with zero attached hydrogens (tertiary/aromatic N) is 2. The van der Waals surface area contributed by atoms with Crippen molar-refractivity contribution >= 4 is 39.1 Å². The Labute approximate surface area is 125 Å². The highest BCUT2D eigenvalue weighted by atomic mass is 32.1. The second-order valence-corrected chi connectivity index (χ2v) is 6.18. The summed E-state index contributed by atoms with van der Waals surface area (Å²) >= 11 is 1.37. The minimum Gasteiger partial charge on any atom is -0.396 e. The quantitative estimate of drug-likeness (QED) is 0.873. The van der Waals surface area contributed by atoms with Gasteiger partial charge in [-0.1, -0.05) is 0 Å². The summed E-state index contributed by atoms with van der Waals surface area (Å²) in [5.41, 5.74) is 7.19. The number of anilines is 1. The van der Waals surface area contributed by atoms with Crippen LogP contribution in [0.2, 0.25) is 0 Å². The molecule has 2 amide bonds. The van der Waals surface area contributed by atoms with Crippen LogP contribution in [-0.2, 0) is 4.79 Å². The predicted molar refractivity (Wildman–Crippen MR) is 82.2 cm³/mol. The van der Waals surface area contributed by atoms with Crippen molar-refractivity contribution in [1.82, 2.24) is 15.2 Å². The lowest BCUT2D eigenvalue weighted by atomic mass is 10.2. The Hall–Kier alpha value is -2.15. The van der Waals surface area contributed by atoms with Crippen molar-refractivity contribution in [3.8, 4) is 0 Å². The number of rotatable bonds is 2. The maximum absolute atomic E-state index is 12.6. The van der Waals surface area contributed by atoms with Crippen LogP contribution in [0, 0.1) is 0 Å². The summed E-state index contributed by atoms with van der Waals surface area (Å²) in [5.74, 6) is -0.150. The molecule has 3 N–H and O–H groups in total. The van der Waals surface area contributed by atoms with Gasteiger partial charge in [0.2, 0.25) is 5.91 Å². The van der Waals surface area contributed by atoms with Crippen LogP contribution in [-0.4, -0.2) is 40.8 Å². The topological polar surface area (TPSA) is 88.3 Å². The molecule has 0 aromatic carbocycles. The van der Waals surface area contributed by atoms with E-state index in [1.807, 2.05) is 12.1 Å². The Balaban J connectivity index is 1.81. The van der Waals surface area contributed by atoms with E-state index < -0.39 is 0 Å². The number of fused-ring (bicyclic) bond motifs is 1. The van der Waals surface area contributed by atoms with E-state index in [2.05, 4.69) is 10.3 Å². The summed E-state index contributed by atoms with van der Waals surface area (Å²) in [5, 5.41) is 2.85. The third kappa shape index (κ3) is 2.56. The Kier molecular flexibility index (Phi) is 3.50. The summed E-state index contributed by atoms with van der Waals surface area (Å²) in [6.07, 6.45) is 2.44. The molecule has 1 unspecified atom stereocenters. The molecule has 0 spiro atoms. The largest absolute Gasteiger partial charge is 0.396 e. The number of aromatic nitrogens is 1. The number of likely N-dealkylation sites (tertiary alicyclic amines) is 1. The van der Waals surface area contributed by atoms with E-state index in [1.165, 1.54) is 18.3 Å². The molecule has 1 aliphatic heterocycles. The van der Waals surface area contributed by atoms with E-state index in [0.29, 0.717) is 29.2 Å². The number of thiophene rings is 1. The van der Waals surface area contributed by atoms with Crippen molar-refractivity contribution in [1.29, 1.82) is 0 Å². The van der Waals surface area contributed by atoms with Gasteiger partial charge in [-0.2, -0.15) is 0 Å². The molecule has 1 aliphatic rings. The van der Waals surface area contributed by atoms with Crippen LogP contribution in [0.15, 0.2) is 18.3 Å². The number of carbonyl (C=O) groups is 2. The molecule has 3 heterocycles. The number of nitrogens with two attached hydrogens (primary N) is 1. The molecule has 1 atom stereocenters. The minimum atomic E-state index is -0.0802. The van der Waals surface area contributed by atoms with E-state index in [1.54, 1.807) is 11.1 Å². The lowest BCUT2D eigenvalue weighted by Gasteiger charge is -2.16. The highest BCUT2D eigenvalue weighted by Crippen LogP contribution is 2.33. The maximum atomic E-state index is 12.6. The monoisotopic (exact) mass is 304 g/mol. The van der Waals surface area contributed by atoms with Crippen LogP contribution < -0.4 is 11.1 Å². The second kappa shape index (κ2) is 5.33. The first-order valence-corrected chi connectivity index (χ1v) is 7.57. The molecule has 7 heteroatoms. The van der Waals surface area contributed by atoms with Gasteiger partial charge in [0.05, 0.1) is 10.4 Å². The van der Waals surface area contributed by atoms with Crippen molar-refractivity contribution in [2.45, 2.75) is 19.4 Å². The lowest BCUT2D eigenvalue weighted by Crippen LogP contribution is -2.37. The van der Waals surface area contributed by atoms with Gasteiger partial charge >= 0.3 is 0 Å². The molecule has 2 aromatic heterocycles. The Morgan fingerprint density at radius 2 is 2.33 bits per heavy atom. The molecule has 3 rings (SSSR count). The number of nitrogens with one attached hydrogen (secondary N) is 1. The average molecular weight is 304 g/mol. The van der Waals surface area contributed by atoms with Gasteiger partial charge in [-0.25, -0.2) is 0 Å². The highest BCUT2D eigenvalue weighted by molar-refractivity contribution is 7.21. The number of hydrogen-bond donors (Lipinski definition) is 2. The lowest BCUT2D eigenvalue weighted by molar-refractivity contribution is -0.119.